The molecule has 2 nitrogen and oxygen atoms in total. The molecule has 0 heterocycles. The quantitative estimate of drug-likeness (QED) is 0.895. The first-order valence-corrected chi connectivity index (χ1v) is 5.82. The molecule has 0 bridgehead atoms. The summed E-state index contributed by atoms with van der Waals surface area (Å²) in [5.74, 6) is -1.09. The third kappa shape index (κ3) is 2.49. The highest BCUT2D eigenvalue weighted by atomic mass is 79.9. The van der Waals surface area contributed by atoms with Gasteiger partial charge in [-0.3, -0.25) is 0 Å². The van der Waals surface area contributed by atoms with Crippen LogP contribution in [0.4, 0.5) is 20.2 Å². The van der Waals surface area contributed by atoms with Gasteiger partial charge in [0.25, 0.3) is 0 Å². The Balaban J connectivity index is 2.35. The second-order valence-corrected chi connectivity index (χ2v) is 4.38. The van der Waals surface area contributed by atoms with Crippen molar-refractivity contribution in [3.05, 3.63) is 58.1 Å². The lowest BCUT2D eigenvalue weighted by atomic mass is 10.2. The number of nitriles is 1. The molecule has 0 aromatic heterocycles. The number of anilines is 2. The molecule has 2 aromatic rings. The number of nitrogens with zero attached hydrogens (tertiary/aromatic N) is 1. The highest BCUT2D eigenvalue weighted by Gasteiger charge is 2.08. The summed E-state index contributed by atoms with van der Waals surface area (Å²) >= 11 is 3.20. The molecule has 18 heavy (non-hydrogen) atoms. The maximum absolute atomic E-state index is 13.5. The Morgan fingerprint density at radius 3 is 2.50 bits per heavy atom. The molecule has 0 aliphatic carbocycles. The number of halogens is 3. The molecule has 2 aromatic carbocycles. The SMILES string of the molecule is N#Cc1ccc(Nc2c(F)cccc2Br)cc1F. The van der Waals surface area contributed by atoms with Gasteiger partial charge in [0.05, 0.1) is 11.3 Å². The molecule has 0 saturated carbocycles. The lowest BCUT2D eigenvalue weighted by Gasteiger charge is -2.09. The molecular formula is C13H7BrF2N2. The van der Waals surface area contributed by atoms with E-state index in [9.17, 15) is 8.78 Å². The van der Waals surface area contributed by atoms with Crippen molar-refractivity contribution in [3.8, 4) is 6.07 Å². The number of benzene rings is 2. The van der Waals surface area contributed by atoms with E-state index in [4.69, 9.17) is 5.26 Å². The van der Waals surface area contributed by atoms with Crippen molar-refractivity contribution in [1.82, 2.24) is 0 Å². The Morgan fingerprint density at radius 2 is 1.89 bits per heavy atom. The van der Waals surface area contributed by atoms with Gasteiger partial charge in [-0.15, -0.1) is 0 Å². The maximum atomic E-state index is 13.5. The van der Waals surface area contributed by atoms with Gasteiger partial charge in [-0.05, 0) is 46.3 Å². The van der Waals surface area contributed by atoms with Gasteiger partial charge in [0.1, 0.15) is 17.7 Å². The van der Waals surface area contributed by atoms with Crippen LogP contribution in [0.2, 0.25) is 0 Å². The first-order chi connectivity index (χ1) is 8.61. The largest absolute Gasteiger partial charge is 0.352 e. The Hall–Kier alpha value is -1.93. The molecule has 5 heteroatoms. The molecule has 0 aliphatic rings. The van der Waals surface area contributed by atoms with E-state index in [0.717, 1.165) is 6.07 Å². The Labute approximate surface area is 111 Å². The van der Waals surface area contributed by atoms with Crippen LogP contribution in [-0.4, -0.2) is 0 Å². The van der Waals surface area contributed by atoms with Crippen molar-refractivity contribution in [2.45, 2.75) is 0 Å². The van der Waals surface area contributed by atoms with Gasteiger partial charge in [0.2, 0.25) is 0 Å². The van der Waals surface area contributed by atoms with Crippen LogP contribution in [0.15, 0.2) is 40.9 Å². The van der Waals surface area contributed by atoms with Crippen molar-refractivity contribution in [2.75, 3.05) is 5.32 Å². The summed E-state index contributed by atoms with van der Waals surface area (Å²) in [5, 5.41) is 11.4. The second-order valence-electron chi connectivity index (χ2n) is 3.53. The van der Waals surface area contributed by atoms with Crippen molar-refractivity contribution in [1.29, 1.82) is 5.26 Å². The number of hydrogen-bond donors (Lipinski definition) is 1. The smallest absolute Gasteiger partial charge is 0.147 e. The van der Waals surface area contributed by atoms with E-state index in [-0.39, 0.29) is 11.3 Å². The zero-order chi connectivity index (χ0) is 13.1. The van der Waals surface area contributed by atoms with Crippen LogP contribution in [-0.2, 0) is 0 Å². The van der Waals surface area contributed by atoms with E-state index < -0.39 is 11.6 Å². The van der Waals surface area contributed by atoms with Gasteiger partial charge >= 0.3 is 0 Å². The Kier molecular flexibility index (Phi) is 3.58. The van der Waals surface area contributed by atoms with E-state index >= 15 is 0 Å². The van der Waals surface area contributed by atoms with Gasteiger partial charge in [-0.2, -0.15) is 5.26 Å². The summed E-state index contributed by atoms with van der Waals surface area (Å²) < 4.78 is 27.5. The number of para-hydroxylation sites is 1. The normalized spacial score (nSPS) is 9.89. The van der Waals surface area contributed by atoms with E-state index in [1.54, 1.807) is 18.2 Å². The minimum atomic E-state index is -0.644. The molecule has 0 amide bonds. The fourth-order valence-electron chi connectivity index (χ4n) is 1.45. The standard InChI is InChI=1S/C13H7BrF2N2/c14-10-2-1-3-11(15)13(10)18-9-5-4-8(7-17)12(16)6-9/h1-6,18H. The van der Waals surface area contributed by atoms with Crippen LogP contribution < -0.4 is 5.32 Å². The lowest BCUT2D eigenvalue weighted by molar-refractivity contribution is 0.623. The average Bonchev–Trinajstić information content (AvgIpc) is 2.34. The molecule has 0 atom stereocenters. The van der Waals surface area contributed by atoms with E-state index in [1.807, 2.05) is 0 Å². The number of hydrogen-bond acceptors (Lipinski definition) is 2. The zero-order valence-electron chi connectivity index (χ0n) is 9.05. The summed E-state index contributed by atoms with van der Waals surface area (Å²) in [4.78, 5) is 0. The number of rotatable bonds is 2. The molecule has 90 valence electrons. The molecule has 0 aliphatic heterocycles. The zero-order valence-corrected chi connectivity index (χ0v) is 10.6. The molecule has 1 N–H and O–H groups in total. The summed E-state index contributed by atoms with van der Waals surface area (Å²) in [5.41, 5.74) is 0.548. The molecule has 0 fully saturated rings. The van der Waals surface area contributed by atoms with Crippen LogP contribution in [0.3, 0.4) is 0 Å². The van der Waals surface area contributed by atoms with Crippen LogP contribution in [0, 0.1) is 23.0 Å². The Bertz CT molecular complexity index is 615. The van der Waals surface area contributed by atoms with Crippen molar-refractivity contribution in [2.24, 2.45) is 0 Å². The predicted octanol–water partition coefficient (Wildman–Crippen LogP) is 4.34. The second kappa shape index (κ2) is 5.15. The fraction of sp³-hybridized carbons (Fsp3) is 0. The molecular weight excluding hydrogens is 302 g/mol. The average molecular weight is 309 g/mol. The third-order valence-corrected chi connectivity index (χ3v) is 2.98. The van der Waals surface area contributed by atoms with Crippen LogP contribution in [0.25, 0.3) is 0 Å². The maximum Gasteiger partial charge on any atom is 0.147 e. The minimum Gasteiger partial charge on any atom is -0.352 e. The van der Waals surface area contributed by atoms with E-state index in [2.05, 4.69) is 21.2 Å². The van der Waals surface area contributed by atoms with Crippen LogP contribution in [0.1, 0.15) is 5.56 Å². The molecule has 0 spiro atoms. The topological polar surface area (TPSA) is 35.8 Å². The van der Waals surface area contributed by atoms with E-state index in [1.165, 1.54) is 18.2 Å². The van der Waals surface area contributed by atoms with Gasteiger partial charge in [0.15, 0.2) is 0 Å². The first kappa shape index (κ1) is 12.5. The summed E-state index contributed by atoms with van der Waals surface area (Å²) in [6, 6.07) is 10.3. The van der Waals surface area contributed by atoms with Gasteiger partial charge in [-0.1, -0.05) is 6.07 Å². The van der Waals surface area contributed by atoms with Crippen molar-refractivity contribution >= 4 is 27.3 Å². The predicted molar refractivity (Wildman–Crippen MR) is 68.5 cm³/mol. The fourth-order valence-corrected chi connectivity index (χ4v) is 1.89. The summed E-state index contributed by atoms with van der Waals surface area (Å²) in [7, 11) is 0. The lowest BCUT2D eigenvalue weighted by Crippen LogP contribution is -1.96. The molecule has 0 radical (unpaired) electrons. The Morgan fingerprint density at radius 1 is 1.11 bits per heavy atom. The number of nitrogens with one attached hydrogen (secondary N) is 1. The highest BCUT2D eigenvalue weighted by molar-refractivity contribution is 9.10. The molecule has 0 saturated heterocycles. The highest BCUT2D eigenvalue weighted by Crippen LogP contribution is 2.29. The summed E-state index contributed by atoms with van der Waals surface area (Å²) in [6.45, 7) is 0. The van der Waals surface area contributed by atoms with Crippen molar-refractivity contribution < 1.29 is 8.78 Å². The van der Waals surface area contributed by atoms with Crippen LogP contribution >= 0.6 is 15.9 Å². The minimum absolute atomic E-state index is 0.0480. The van der Waals surface area contributed by atoms with Gasteiger partial charge < -0.3 is 5.32 Å². The first-order valence-electron chi connectivity index (χ1n) is 5.02. The van der Waals surface area contributed by atoms with Gasteiger partial charge in [-0.25, -0.2) is 8.78 Å². The monoisotopic (exact) mass is 308 g/mol. The van der Waals surface area contributed by atoms with Crippen molar-refractivity contribution in [3.63, 3.8) is 0 Å². The third-order valence-electron chi connectivity index (χ3n) is 2.32. The van der Waals surface area contributed by atoms with Gasteiger partial charge in [0, 0.05) is 10.2 Å². The summed E-state index contributed by atoms with van der Waals surface area (Å²) in [6.07, 6.45) is 0. The van der Waals surface area contributed by atoms with E-state index in [0.29, 0.717) is 10.2 Å². The molecule has 2 rings (SSSR count). The van der Waals surface area contributed by atoms with Crippen LogP contribution in [0.5, 0.6) is 0 Å². The molecule has 0 unspecified atom stereocenters.